The normalized spacial score (nSPS) is 10.7. The minimum atomic E-state index is -0.0757. The summed E-state index contributed by atoms with van der Waals surface area (Å²) in [4.78, 5) is 17.0. The third-order valence-corrected chi connectivity index (χ3v) is 3.32. The highest BCUT2D eigenvalue weighted by atomic mass is 16.1. The van der Waals surface area contributed by atoms with Gasteiger partial charge in [-0.25, -0.2) is 4.98 Å². The fourth-order valence-corrected chi connectivity index (χ4v) is 2.28. The van der Waals surface area contributed by atoms with Gasteiger partial charge in [-0.15, -0.1) is 0 Å². The minimum Gasteiger partial charge on any atom is -0.397 e. The van der Waals surface area contributed by atoms with Crippen LogP contribution in [0.15, 0.2) is 54.6 Å². The van der Waals surface area contributed by atoms with Crippen LogP contribution in [-0.2, 0) is 0 Å². The summed E-state index contributed by atoms with van der Waals surface area (Å²) in [6, 6.07) is 16.7. The van der Waals surface area contributed by atoms with Gasteiger partial charge in [-0.3, -0.25) is 4.79 Å². The first-order valence-corrected chi connectivity index (χ1v) is 6.42. The van der Waals surface area contributed by atoms with Crippen LogP contribution in [0.4, 0.5) is 5.69 Å². The number of anilines is 1. The van der Waals surface area contributed by atoms with E-state index in [2.05, 4.69) is 4.98 Å². The molecule has 0 fully saturated rings. The summed E-state index contributed by atoms with van der Waals surface area (Å²) in [5.41, 5.74) is 9.16. The monoisotopic (exact) mass is 262 g/mol. The molecule has 0 atom stereocenters. The third-order valence-electron chi connectivity index (χ3n) is 3.32. The molecule has 0 saturated carbocycles. The molecule has 2 aromatic carbocycles. The molecule has 0 spiro atoms. The summed E-state index contributed by atoms with van der Waals surface area (Å²) in [5, 5.41) is 0.951. The number of fused-ring (bicyclic) bond motifs is 1. The number of nitrogens with zero attached hydrogens (tertiary/aromatic N) is 1. The van der Waals surface area contributed by atoms with E-state index >= 15 is 0 Å². The topological polar surface area (TPSA) is 56.0 Å². The summed E-state index contributed by atoms with van der Waals surface area (Å²) < 4.78 is 0. The molecule has 0 aliphatic rings. The molecular formula is C17H14N2O. The van der Waals surface area contributed by atoms with Crippen LogP contribution in [0.25, 0.3) is 10.9 Å². The summed E-state index contributed by atoms with van der Waals surface area (Å²) in [5.74, 6) is -0.0757. The number of hydrogen-bond donors (Lipinski definition) is 1. The molecule has 0 saturated heterocycles. The van der Waals surface area contributed by atoms with Crippen LogP contribution in [0.1, 0.15) is 21.6 Å². The van der Waals surface area contributed by atoms with E-state index in [1.165, 1.54) is 0 Å². The van der Waals surface area contributed by atoms with Gasteiger partial charge in [0.25, 0.3) is 0 Å². The third kappa shape index (κ3) is 2.03. The highest BCUT2D eigenvalue weighted by Crippen LogP contribution is 2.22. The zero-order chi connectivity index (χ0) is 14.1. The van der Waals surface area contributed by atoms with Crippen LogP contribution >= 0.6 is 0 Å². The number of para-hydroxylation sites is 1. The average Bonchev–Trinajstić information content (AvgIpc) is 2.47. The summed E-state index contributed by atoms with van der Waals surface area (Å²) in [6.45, 7) is 1.89. The second-order valence-electron chi connectivity index (χ2n) is 4.77. The lowest BCUT2D eigenvalue weighted by Crippen LogP contribution is -2.07. The van der Waals surface area contributed by atoms with E-state index in [1.54, 1.807) is 18.2 Å². The van der Waals surface area contributed by atoms with Crippen LogP contribution in [0.5, 0.6) is 0 Å². The molecule has 0 radical (unpaired) electrons. The summed E-state index contributed by atoms with van der Waals surface area (Å²) >= 11 is 0. The fourth-order valence-electron chi connectivity index (χ4n) is 2.28. The number of aromatic nitrogens is 1. The number of carbonyl (C=O) groups is 1. The molecule has 98 valence electrons. The van der Waals surface area contributed by atoms with Gasteiger partial charge in [0.05, 0.1) is 11.2 Å². The molecule has 0 aliphatic carbocycles. The Balaban J connectivity index is 2.19. The number of nitrogens with two attached hydrogens (primary N) is 1. The molecular weight excluding hydrogens is 248 g/mol. The maximum Gasteiger partial charge on any atom is 0.211 e. The second kappa shape index (κ2) is 4.78. The Labute approximate surface area is 117 Å². The number of hydrogen-bond acceptors (Lipinski definition) is 3. The van der Waals surface area contributed by atoms with Gasteiger partial charge in [-0.05, 0) is 24.6 Å². The molecule has 0 unspecified atom stereocenters. The van der Waals surface area contributed by atoms with Crippen molar-refractivity contribution in [1.82, 2.24) is 4.98 Å². The lowest BCUT2D eigenvalue weighted by Gasteiger charge is -2.08. The first kappa shape index (κ1) is 12.4. The quantitative estimate of drug-likeness (QED) is 0.569. The Morgan fingerprint density at radius 1 is 1.05 bits per heavy atom. The minimum absolute atomic E-state index is 0.0757. The number of benzene rings is 2. The Bertz CT molecular complexity index is 795. The van der Waals surface area contributed by atoms with E-state index in [1.807, 2.05) is 43.3 Å². The van der Waals surface area contributed by atoms with Crippen molar-refractivity contribution in [3.8, 4) is 0 Å². The van der Waals surface area contributed by atoms with Crippen molar-refractivity contribution < 1.29 is 4.79 Å². The molecule has 3 heteroatoms. The number of nitrogen functional groups attached to an aromatic ring is 1. The van der Waals surface area contributed by atoms with Gasteiger partial charge >= 0.3 is 0 Å². The number of ketones is 1. The van der Waals surface area contributed by atoms with Gasteiger partial charge in [-0.2, -0.15) is 0 Å². The molecule has 3 rings (SSSR count). The van der Waals surface area contributed by atoms with Gasteiger partial charge in [-0.1, -0.05) is 42.5 Å². The highest BCUT2D eigenvalue weighted by Gasteiger charge is 2.14. The van der Waals surface area contributed by atoms with Crippen molar-refractivity contribution in [3.05, 3.63) is 71.4 Å². The molecule has 0 aliphatic heterocycles. The predicted molar refractivity (Wildman–Crippen MR) is 80.8 cm³/mol. The first-order chi connectivity index (χ1) is 9.66. The van der Waals surface area contributed by atoms with Crippen molar-refractivity contribution in [2.75, 3.05) is 5.73 Å². The smallest absolute Gasteiger partial charge is 0.211 e. The molecule has 1 aromatic heterocycles. The predicted octanol–water partition coefficient (Wildman–Crippen LogP) is 3.36. The van der Waals surface area contributed by atoms with Crippen LogP contribution in [0, 0.1) is 6.92 Å². The van der Waals surface area contributed by atoms with Gasteiger partial charge in [0, 0.05) is 10.9 Å². The van der Waals surface area contributed by atoms with E-state index in [0.717, 1.165) is 10.9 Å². The highest BCUT2D eigenvalue weighted by molar-refractivity contribution is 6.10. The van der Waals surface area contributed by atoms with E-state index in [-0.39, 0.29) is 5.78 Å². The first-order valence-electron chi connectivity index (χ1n) is 6.42. The van der Waals surface area contributed by atoms with E-state index < -0.39 is 0 Å². The van der Waals surface area contributed by atoms with E-state index in [9.17, 15) is 4.79 Å². The number of rotatable bonds is 2. The van der Waals surface area contributed by atoms with Crippen molar-refractivity contribution in [2.24, 2.45) is 0 Å². The van der Waals surface area contributed by atoms with Gasteiger partial charge in [0.2, 0.25) is 5.78 Å². The largest absolute Gasteiger partial charge is 0.397 e. The van der Waals surface area contributed by atoms with Crippen molar-refractivity contribution in [1.29, 1.82) is 0 Å². The SMILES string of the molecule is Cc1cc2cccc(N)c2nc1C(=O)c1ccccc1. The average molecular weight is 262 g/mol. The number of carbonyl (C=O) groups excluding carboxylic acids is 1. The molecule has 0 bridgehead atoms. The van der Waals surface area contributed by atoms with Crippen LogP contribution < -0.4 is 5.73 Å². The second-order valence-corrected chi connectivity index (χ2v) is 4.77. The van der Waals surface area contributed by atoms with Crippen molar-refractivity contribution in [3.63, 3.8) is 0 Å². The van der Waals surface area contributed by atoms with Crippen molar-refractivity contribution in [2.45, 2.75) is 6.92 Å². The van der Waals surface area contributed by atoms with Crippen LogP contribution in [-0.4, -0.2) is 10.8 Å². The Hall–Kier alpha value is -2.68. The molecule has 20 heavy (non-hydrogen) atoms. The number of aryl methyl sites for hydroxylation is 1. The molecule has 3 aromatic rings. The molecule has 1 heterocycles. The van der Waals surface area contributed by atoms with Crippen LogP contribution in [0.3, 0.4) is 0 Å². The van der Waals surface area contributed by atoms with Gasteiger partial charge in [0.15, 0.2) is 0 Å². The van der Waals surface area contributed by atoms with Gasteiger partial charge < -0.3 is 5.73 Å². The van der Waals surface area contributed by atoms with Crippen LogP contribution in [0.2, 0.25) is 0 Å². The molecule has 0 amide bonds. The fraction of sp³-hybridized carbons (Fsp3) is 0.0588. The van der Waals surface area contributed by atoms with Crippen molar-refractivity contribution >= 4 is 22.4 Å². The lowest BCUT2D eigenvalue weighted by atomic mass is 10.0. The standard InChI is InChI=1S/C17H14N2O/c1-11-10-13-8-5-9-14(18)16(13)19-15(11)17(20)12-6-3-2-4-7-12/h2-10H,18H2,1H3. The Morgan fingerprint density at radius 2 is 1.80 bits per heavy atom. The Kier molecular flexibility index (Phi) is 2.95. The lowest BCUT2D eigenvalue weighted by molar-refractivity contribution is 0.103. The maximum absolute atomic E-state index is 12.5. The summed E-state index contributed by atoms with van der Waals surface area (Å²) in [7, 11) is 0. The molecule has 3 nitrogen and oxygen atoms in total. The zero-order valence-electron chi connectivity index (χ0n) is 11.1. The maximum atomic E-state index is 12.5. The Morgan fingerprint density at radius 3 is 2.55 bits per heavy atom. The van der Waals surface area contributed by atoms with Gasteiger partial charge in [0.1, 0.15) is 5.69 Å². The zero-order valence-corrected chi connectivity index (χ0v) is 11.1. The van der Waals surface area contributed by atoms with E-state index in [0.29, 0.717) is 22.5 Å². The number of pyridine rings is 1. The summed E-state index contributed by atoms with van der Waals surface area (Å²) in [6.07, 6.45) is 0. The molecule has 2 N–H and O–H groups in total. The van der Waals surface area contributed by atoms with E-state index in [4.69, 9.17) is 5.73 Å².